The summed E-state index contributed by atoms with van der Waals surface area (Å²) in [6, 6.07) is 5.86. The molecule has 19 heavy (non-hydrogen) atoms. The number of nitrogens with zero attached hydrogens (tertiary/aromatic N) is 1. The summed E-state index contributed by atoms with van der Waals surface area (Å²) in [6.07, 6.45) is -3.08. The lowest BCUT2D eigenvalue weighted by molar-refractivity contribution is -0.137. The molecule has 0 aliphatic rings. The van der Waals surface area contributed by atoms with Crippen molar-refractivity contribution < 1.29 is 23.0 Å². The zero-order chi connectivity index (χ0) is 14.0. The number of alkyl halides is 3. The maximum absolute atomic E-state index is 12.7. The van der Waals surface area contributed by atoms with Gasteiger partial charge < -0.3 is 9.84 Å². The van der Waals surface area contributed by atoms with E-state index < -0.39 is 11.7 Å². The topological polar surface area (TPSA) is 42.4 Å². The Hall–Kier alpha value is -2.24. The number of ether oxygens (including phenoxy) is 1. The molecule has 1 heterocycles. The molecule has 0 saturated heterocycles. The zero-order valence-corrected chi connectivity index (χ0v) is 9.90. The Labute approximate surface area is 107 Å². The van der Waals surface area contributed by atoms with Gasteiger partial charge in [-0.3, -0.25) is 4.98 Å². The van der Waals surface area contributed by atoms with Gasteiger partial charge >= 0.3 is 6.18 Å². The molecular formula is C13H10F3NO2. The second kappa shape index (κ2) is 4.79. The fourth-order valence-corrected chi connectivity index (χ4v) is 1.67. The van der Waals surface area contributed by atoms with Crippen molar-refractivity contribution in [2.75, 3.05) is 7.11 Å². The summed E-state index contributed by atoms with van der Waals surface area (Å²) >= 11 is 0. The monoisotopic (exact) mass is 269 g/mol. The molecule has 6 heteroatoms. The first-order chi connectivity index (χ1) is 8.93. The van der Waals surface area contributed by atoms with Crippen molar-refractivity contribution in [1.29, 1.82) is 0 Å². The van der Waals surface area contributed by atoms with E-state index in [2.05, 4.69) is 4.98 Å². The van der Waals surface area contributed by atoms with Crippen molar-refractivity contribution in [2.45, 2.75) is 6.18 Å². The van der Waals surface area contributed by atoms with Gasteiger partial charge in [-0.25, -0.2) is 0 Å². The van der Waals surface area contributed by atoms with Gasteiger partial charge in [0.1, 0.15) is 17.2 Å². The summed E-state index contributed by atoms with van der Waals surface area (Å²) in [4.78, 5) is 3.88. The number of methoxy groups -OCH3 is 1. The predicted octanol–water partition coefficient (Wildman–Crippen LogP) is 3.48. The highest BCUT2D eigenvalue weighted by atomic mass is 19.4. The maximum Gasteiger partial charge on any atom is 0.416 e. The van der Waals surface area contributed by atoms with Gasteiger partial charge in [0.15, 0.2) is 0 Å². The van der Waals surface area contributed by atoms with Gasteiger partial charge in [0.2, 0.25) is 0 Å². The van der Waals surface area contributed by atoms with Crippen molar-refractivity contribution in [3.8, 4) is 22.8 Å². The predicted molar refractivity (Wildman–Crippen MR) is 62.9 cm³/mol. The van der Waals surface area contributed by atoms with E-state index >= 15 is 0 Å². The lowest BCUT2D eigenvalue weighted by Crippen LogP contribution is -2.05. The molecule has 0 amide bonds. The highest BCUT2D eigenvalue weighted by Gasteiger charge is 2.31. The van der Waals surface area contributed by atoms with Crippen LogP contribution in [-0.4, -0.2) is 17.2 Å². The van der Waals surface area contributed by atoms with Crippen molar-refractivity contribution in [1.82, 2.24) is 4.98 Å². The second-order valence-corrected chi connectivity index (χ2v) is 3.78. The van der Waals surface area contributed by atoms with Crippen molar-refractivity contribution in [3.05, 3.63) is 42.1 Å². The van der Waals surface area contributed by atoms with Crippen LogP contribution in [0.2, 0.25) is 0 Å². The molecule has 0 saturated carbocycles. The van der Waals surface area contributed by atoms with E-state index in [4.69, 9.17) is 4.74 Å². The van der Waals surface area contributed by atoms with Gasteiger partial charge in [-0.1, -0.05) is 0 Å². The van der Waals surface area contributed by atoms with Crippen molar-refractivity contribution in [2.24, 2.45) is 0 Å². The number of aromatic hydroxyl groups is 1. The standard InChI is InChI=1S/C13H10F3NO2/c1-19-11-5-4-8(13(14,15)16)7-9(11)12-10(18)3-2-6-17-12/h2-7,18H,1H3. The molecular weight excluding hydrogens is 259 g/mol. The van der Waals surface area contributed by atoms with Gasteiger partial charge in [0.05, 0.1) is 12.7 Å². The van der Waals surface area contributed by atoms with Gasteiger partial charge in [-0.05, 0) is 30.3 Å². The highest BCUT2D eigenvalue weighted by Crippen LogP contribution is 2.38. The second-order valence-electron chi connectivity index (χ2n) is 3.78. The number of halogens is 3. The first-order valence-electron chi connectivity index (χ1n) is 5.33. The number of pyridine rings is 1. The van der Waals surface area contributed by atoms with E-state index in [0.29, 0.717) is 0 Å². The molecule has 0 fully saturated rings. The molecule has 2 rings (SSSR count). The molecule has 1 aromatic heterocycles. The van der Waals surface area contributed by atoms with Crippen LogP contribution in [0.15, 0.2) is 36.5 Å². The molecule has 0 spiro atoms. The lowest BCUT2D eigenvalue weighted by Gasteiger charge is -2.13. The van der Waals surface area contributed by atoms with Crippen LogP contribution in [0, 0.1) is 0 Å². The smallest absolute Gasteiger partial charge is 0.416 e. The molecule has 0 bridgehead atoms. The van der Waals surface area contributed by atoms with Crippen LogP contribution in [0.1, 0.15) is 5.56 Å². The van der Waals surface area contributed by atoms with Crippen LogP contribution >= 0.6 is 0 Å². The summed E-state index contributed by atoms with van der Waals surface area (Å²) in [5.74, 6) is 0.00197. The Morgan fingerprint density at radius 1 is 1.21 bits per heavy atom. The number of hydrogen-bond donors (Lipinski definition) is 1. The Morgan fingerprint density at radius 3 is 2.53 bits per heavy atom. The molecule has 0 unspecified atom stereocenters. The molecule has 0 atom stereocenters. The Morgan fingerprint density at radius 2 is 1.95 bits per heavy atom. The third kappa shape index (κ3) is 2.62. The molecule has 0 aliphatic carbocycles. The molecule has 1 N–H and O–H groups in total. The average molecular weight is 269 g/mol. The quantitative estimate of drug-likeness (QED) is 0.907. The highest BCUT2D eigenvalue weighted by molar-refractivity contribution is 5.72. The third-order valence-electron chi connectivity index (χ3n) is 2.57. The summed E-state index contributed by atoms with van der Waals surface area (Å²) in [5, 5.41) is 9.68. The van der Waals surface area contributed by atoms with Crippen LogP contribution in [-0.2, 0) is 6.18 Å². The third-order valence-corrected chi connectivity index (χ3v) is 2.57. The largest absolute Gasteiger partial charge is 0.506 e. The number of hydrogen-bond acceptors (Lipinski definition) is 3. The molecule has 100 valence electrons. The van der Waals surface area contributed by atoms with E-state index in [1.807, 2.05) is 0 Å². The maximum atomic E-state index is 12.7. The molecule has 2 aromatic rings. The first-order valence-corrected chi connectivity index (χ1v) is 5.33. The zero-order valence-electron chi connectivity index (χ0n) is 9.90. The van der Waals surface area contributed by atoms with E-state index in [9.17, 15) is 18.3 Å². The molecule has 1 aromatic carbocycles. The first kappa shape index (κ1) is 13.2. The minimum absolute atomic E-state index is 0.0467. The molecule has 0 radical (unpaired) electrons. The number of aromatic nitrogens is 1. The SMILES string of the molecule is COc1ccc(C(F)(F)F)cc1-c1ncccc1O. The van der Waals surface area contributed by atoms with Crippen LogP contribution < -0.4 is 4.74 Å². The normalized spacial score (nSPS) is 11.4. The van der Waals surface area contributed by atoms with Crippen molar-refractivity contribution >= 4 is 0 Å². The van der Waals surface area contributed by atoms with Gasteiger partial charge in [-0.15, -0.1) is 0 Å². The van der Waals surface area contributed by atoms with Crippen LogP contribution in [0.25, 0.3) is 11.3 Å². The fourth-order valence-electron chi connectivity index (χ4n) is 1.67. The lowest BCUT2D eigenvalue weighted by atomic mass is 10.1. The Kier molecular flexibility index (Phi) is 3.33. The van der Waals surface area contributed by atoms with Gasteiger partial charge in [0.25, 0.3) is 0 Å². The number of rotatable bonds is 2. The summed E-state index contributed by atoms with van der Waals surface area (Å²) < 4.78 is 43.1. The Balaban J connectivity index is 2.64. The number of benzene rings is 1. The van der Waals surface area contributed by atoms with Crippen LogP contribution in [0.5, 0.6) is 11.5 Å². The summed E-state index contributed by atoms with van der Waals surface area (Å²) in [7, 11) is 1.34. The minimum Gasteiger partial charge on any atom is -0.506 e. The molecule has 3 nitrogen and oxygen atoms in total. The molecule has 0 aliphatic heterocycles. The van der Waals surface area contributed by atoms with E-state index in [1.54, 1.807) is 0 Å². The summed E-state index contributed by atoms with van der Waals surface area (Å²) in [6.45, 7) is 0. The van der Waals surface area contributed by atoms with E-state index in [0.717, 1.165) is 12.1 Å². The summed E-state index contributed by atoms with van der Waals surface area (Å²) in [5.41, 5.74) is -0.686. The Bertz CT molecular complexity index is 597. The van der Waals surface area contributed by atoms with Gasteiger partial charge in [0, 0.05) is 11.8 Å². The minimum atomic E-state index is -4.47. The van der Waals surface area contributed by atoms with E-state index in [-0.39, 0.29) is 22.8 Å². The van der Waals surface area contributed by atoms with Crippen LogP contribution in [0.3, 0.4) is 0 Å². The van der Waals surface area contributed by atoms with Gasteiger partial charge in [-0.2, -0.15) is 13.2 Å². The fraction of sp³-hybridized carbons (Fsp3) is 0.154. The average Bonchev–Trinajstić information content (AvgIpc) is 2.37. The van der Waals surface area contributed by atoms with Crippen molar-refractivity contribution in [3.63, 3.8) is 0 Å². The van der Waals surface area contributed by atoms with Crippen LogP contribution in [0.4, 0.5) is 13.2 Å². The van der Waals surface area contributed by atoms with E-state index in [1.165, 1.54) is 31.5 Å².